The Morgan fingerprint density at radius 3 is 2.80 bits per heavy atom. The van der Waals surface area contributed by atoms with E-state index in [4.69, 9.17) is 0 Å². The molecular weight excluding hydrogens is 372 g/mol. The zero-order valence-corrected chi connectivity index (χ0v) is 15.4. The molecule has 4 aromatic rings. The van der Waals surface area contributed by atoms with Crippen LogP contribution in [0, 0.1) is 0 Å². The highest BCUT2D eigenvalue weighted by molar-refractivity contribution is 9.10. The van der Waals surface area contributed by atoms with Crippen LogP contribution in [0.3, 0.4) is 0 Å². The van der Waals surface area contributed by atoms with Gasteiger partial charge in [0.05, 0.1) is 6.04 Å². The van der Waals surface area contributed by atoms with Gasteiger partial charge < -0.3 is 10.3 Å². The Kier molecular flexibility index (Phi) is 3.65. The van der Waals surface area contributed by atoms with Crippen LogP contribution in [0.25, 0.3) is 21.7 Å². The Labute approximate surface area is 155 Å². The van der Waals surface area contributed by atoms with E-state index in [9.17, 15) is 0 Å². The molecule has 1 unspecified atom stereocenters. The van der Waals surface area contributed by atoms with Gasteiger partial charge in [0.1, 0.15) is 0 Å². The number of hydrogen-bond donors (Lipinski definition) is 2. The van der Waals surface area contributed by atoms with Crippen molar-refractivity contribution in [1.82, 2.24) is 10.3 Å². The first-order chi connectivity index (χ1) is 12.3. The molecule has 2 heterocycles. The van der Waals surface area contributed by atoms with Crippen molar-refractivity contribution in [2.24, 2.45) is 0 Å². The number of H-pyrrole nitrogens is 1. The molecule has 0 amide bonds. The molecule has 25 heavy (non-hydrogen) atoms. The zero-order chi connectivity index (χ0) is 16.8. The fourth-order valence-electron chi connectivity index (χ4n) is 4.15. The molecule has 3 aromatic carbocycles. The summed E-state index contributed by atoms with van der Waals surface area (Å²) in [4.78, 5) is 3.68. The van der Waals surface area contributed by atoms with E-state index in [-0.39, 0.29) is 0 Å². The molecule has 2 N–H and O–H groups in total. The van der Waals surface area contributed by atoms with Crippen molar-refractivity contribution < 1.29 is 0 Å². The molecular formula is C22H19BrN2. The van der Waals surface area contributed by atoms with Gasteiger partial charge in [0.15, 0.2) is 0 Å². The predicted octanol–water partition coefficient (Wildman–Crippen LogP) is 5.51. The maximum Gasteiger partial charge on any atom is 0.0517 e. The lowest BCUT2D eigenvalue weighted by atomic mass is 9.92. The van der Waals surface area contributed by atoms with E-state index in [1.165, 1.54) is 38.5 Å². The minimum Gasteiger partial charge on any atom is -0.357 e. The van der Waals surface area contributed by atoms with Crippen molar-refractivity contribution >= 4 is 37.6 Å². The van der Waals surface area contributed by atoms with Crippen molar-refractivity contribution in [2.75, 3.05) is 6.54 Å². The van der Waals surface area contributed by atoms with Gasteiger partial charge in [-0.05, 0) is 59.5 Å². The highest BCUT2D eigenvalue weighted by atomic mass is 79.9. The Bertz CT molecular complexity index is 1070. The molecule has 0 aliphatic carbocycles. The predicted molar refractivity (Wildman–Crippen MR) is 108 cm³/mol. The second-order valence-corrected chi connectivity index (χ2v) is 7.72. The lowest BCUT2D eigenvalue weighted by Gasteiger charge is -2.25. The monoisotopic (exact) mass is 390 g/mol. The van der Waals surface area contributed by atoms with Gasteiger partial charge in [-0.1, -0.05) is 58.4 Å². The van der Waals surface area contributed by atoms with E-state index < -0.39 is 0 Å². The smallest absolute Gasteiger partial charge is 0.0517 e. The molecule has 124 valence electrons. The lowest BCUT2D eigenvalue weighted by Crippen LogP contribution is -2.31. The Hall–Kier alpha value is -2.10. The molecule has 0 spiro atoms. The minimum atomic E-state index is 0.334. The first-order valence-corrected chi connectivity index (χ1v) is 9.59. The summed E-state index contributed by atoms with van der Waals surface area (Å²) in [6.07, 6.45) is 2.08. The number of hydrogen-bond acceptors (Lipinski definition) is 1. The molecule has 3 heteroatoms. The molecule has 0 fully saturated rings. The minimum absolute atomic E-state index is 0.334. The fraction of sp³-hybridized carbons (Fsp3) is 0.182. The van der Waals surface area contributed by atoms with E-state index in [0.29, 0.717) is 6.04 Å². The quantitative estimate of drug-likeness (QED) is 0.463. The molecule has 1 aromatic heterocycles. The summed E-state index contributed by atoms with van der Waals surface area (Å²) in [5.74, 6) is 0. The van der Waals surface area contributed by atoms with Gasteiger partial charge in [-0.2, -0.15) is 0 Å². The summed E-state index contributed by atoms with van der Waals surface area (Å²) < 4.78 is 1.14. The van der Waals surface area contributed by atoms with Gasteiger partial charge in [-0.3, -0.25) is 0 Å². The second kappa shape index (κ2) is 6.01. The van der Waals surface area contributed by atoms with Crippen molar-refractivity contribution in [1.29, 1.82) is 0 Å². The maximum atomic E-state index is 3.72. The molecule has 0 saturated heterocycles. The maximum absolute atomic E-state index is 3.72. The van der Waals surface area contributed by atoms with E-state index >= 15 is 0 Å². The van der Waals surface area contributed by atoms with Gasteiger partial charge in [-0.15, -0.1) is 0 Å². The number of nitrogens with one attached hydrogen (secondary N) is 2. The van der Waals surface area contributed by atoms with E-state index in [0.717, 1.165) is 23.9 Å². The third kappa shape index (κ3) is 2.59. The molecule has 1 atom stereocenters. The summed E-state index contributed by atoms with van der Waals surface area (Å²) >= 11 is 3.61. The Morgan fingerprint density at radius 2 is 1.84 bits per heavy atom. The highest BCUT2D eigenvalue weighted by Crippen LogP contribution is 2.34. The van der Waals surface area contributed by atoms with E-state index in [2.05, 4.69) is 86.9 Å². The number of benzene rings is 3. The zero-order valence-electron chi connectivity index (χ0n) is 13.9. The van der Waals surface area contributed by atoms with Crippen LogP contribution in [-0.2, 0) is 12.8 Å². The molecule has 0 saturated carbocycles. The number of halogens is 1. The average Bonchev–Trinajstić information content (AvgIpc) is 3.01. The van der Waals surface area contributed by atoms with Gasteiger partial charge >= 0.3 is 0 Å². The highest BCUT2D eigenvalue weighted by Gasteiger charge is 2.24. The molecule has 0 radical (unpaired) electrons. The first kappa shape index (κ1) is 15.2. The second-order valence-electron chi connectivity index (χ2n) is 6.81. The van der Waals surface area contributed by atoms with Crippen LogP contribution in [0.15, 0.2) is 65.1 Å². The van der Waals surface area contributed by atoms with Crippen LogP contribution in [0.2, 0.25) is 0 Å². The third-order valence-electron chi connectivity index (χ3n) is 5.32. The van der Waals surface area contributed by atoms with Crippen LogP contribution in [0.5, 0.6) is 0 Å². The summed E-state index contributed by atoms with van der Waals surface area (Å²) in [5, 5.41) is 7.75. The van der Waals surface area contributed by atoms with Gasteiger partial charge in [0.2, 0.25) is 0 Å². The third-order valence-corrected chi connectivity index (χ3v) is 5.81. The molecule has 5 rings (SSSR count). The molecule has 2 nitrogen and oxygen atoms in total. The van der Waals surface area contributed by atoms with Gasteiger partial charge in [0, 0.05) is 21.1 Å². The number of fused-ring (bicyclic) bond motifs is 4. The molecule has 0 bridgehead atoms. The Balaban J connectivity index is 1.59. The van der Waals surface area contributed by atoms with Crippen LogP contribution < -0.4 is 5.32 Å². The summed E-state index contributed by atoms with van der Waals surface area (Å²) in [6.45, 7) is 1.03. The number of rotatable bonds is 2. The summed E-state index contributed by atoms with van der Waals surface area (Å²) in [7, 11) is 0. The summed E-state index contributed by atoms with van der Waals surface area (Å²) in [5.41, 5.74) is 5.47. The normalized spacial score (nSPS) is 17.1. The molecule has 1 aliphatic heterocycles. The van der Waals surface area contributed by atoms with E-state index in [1.807, 2.05) is 0 Å². The van der Waals surface area contributed by atoms with Gasteiger partial charge in [-0.25, -0.2) is 0 Å². The topological polar surface area (TPSA) is 27.8 Å². The largest absolute Gasteiger partial charge is 0.357 e. The first-order valence-electron chi connectivity index (χ1n) is 8.79. The van der Waals surface area contributed by atoms with Crippen molar-refractivity contribution in [3.05, 3.63) is 82.0 Å². The number of aromatic nitrogens is 1. The Morgan fingerprint density at radius 1 is 0.960 bits per heavy atom. The standard InChI is InChI=1S/C22H19BrN2/c23-16-8-9-20-19(13-16)18-10-11-24-21(22(18)25-20)12-15-6-3-5-14-4-1-2-7-17(14)15/h1-9,13,21,24-25H,10-12H2. The van der Waals surface area contributed by atoms with Crippen molar-refractivity contribution in [3.8, 4) is 0 Å². The molecule has 1 aliphatic rings. The van der Waals surface area contributed by atoms with Gasteiger partial charge in [0.25, 0.3) is 0 Å². The lowest BCUT2D eigenvalue weighted by molar-refractivity contribution is 0.496. The van der Waals surface area contributed by atoms with E-state index in [1.54, 1.807) is 0 Å². The van der Waals surface area contributed by atoms with Crippen LogP contribution >= 0.6 is 15.9 Å². The SMILES string of the molecule is Brc1ccc2[nH]c3c(c2c1)CCNC3Cc1cccc2ccccc12. The van der Waals surface area contributed by atoms with Crippen LogP contribution in [-0.4, -0.2) is 11.5 Å². The fourth-order valence-corrected chi connectivity index (χ4v) is 4.51. The number of aromatic amines is 1. The average molecular weight is 391 g/mol. The van der Waals surface area contributed by atoms with Crippen molar-refractivity contribution in [2.45, 2.75) is 18.9 Å². The van der Waals surface area contributed by atoms with Crippen LogP contribution in [0.4, 0.5) is 0 Å². The van der Waals surface area contributed by atoms with Crippen LogP contribution in [0.1, 0.15) is 22.9 Å². The summed E-state index contributed by atoms with van der Waals surface area (Å²) in [6, 6.07) is 22.1. The van der Waals surface area contributed by atoms with Crippen molar-refractivity contribution in [3.63, 3.8) is 0 Å².